The first-order valence-electron chi connectivity index (χ1n) is 11.3. The molecule has 35 heavy (non-hydrogen) atoms. The van der Waals surface area contributed by atoms with Crippen LogP contribution in [0.3, 0.4) is 0 Å². The van der Waals surface area contributed by atoms with Crippen LogP contribution in [0.25, 0.3) is 0 Å². The van der Waals surface area contributed by atoms with E-state index in [1.165, 1.54) is 19.2 Å². The number of ether oxygens (including phenoxy) is 1. The second-order valence-corrected chi connectivity index (χ2v) is 8.31. The van der Waals surface area contributed by atoms with Crippen LogP contribution >= 0.6 is 0 Å². The number of benzene rings is 3. The lowest BCUT2D eigenvalue weighted by molar-refractivity contribution is -0.123. The summed E-state index contributed by atoms with van der Waals surface area (Å²) in [6.07, 6.45) is 0. The van der Waals surface area contributed by atoms with Crippen LogP contribution in [-0.4, -0.2) is 37.4 Å². The third-order valence-corrected chi connectivity index (χ3v) is 6.10. The SMILES string of the molecule is CNC(=O)c1ccccc1C(=O)NC1c2ccccc2OCC1NC(=O)[C@@H](C)c1ccc(F)cc1. The van der Waals surface area contributed by atoms with Crippen molar-refractivity contribution in [2.24, 2.45) is 0 Å². The Hall–Kier alpha value is -4.20. The van der Waals surface area contributed by atoms with Crippen LogP contribution < -0.4 is 20.7 Å². The Morgan fingerprint density at radius 3 is 2.20 bits per heavy atom. The number of hydrogen-bond donors (Lipinski definition) is 3. The van der Waals surface area contributed by atoms with Gasteiger partial charge in [-0.3, -0.25) is 14.4 Å². The fraction of sp³-hybridized carbons (Fsp3) is 0.222. The van der Waals surface area contributed by atoms with Gasteiger partial charge in [0.15, 0.2) is 0 Å². The highest BCUT2D eigenvalue weighted by molar-refractivity contribution is 6.07. The van der Waals surface area contributed by atoms with Gasteiger partial charge in [0.05, 0.1) is 29.1 Å². The van der Waals surface area contributed by atoms with Crippen LogP contribution in [0.1, 0.15) is 50.7 Å². The Kier molecular flexibility index (Phi) is 7.10. The van der Waals surface area contributed by atoms with Crippen molar-refractivity contribution in [2.45, 2.75) is 24.9 Å². The Morgan fingerprint density at radius 1 is 0.886 bits per heavy atom. The number of fused-ring (bicyclic) bond motifs is 1. The van der Waals surface area contributed by atoms with E-state index < -0.39 is 23.9 Å². The number of nitrogens with one attached hydrogen (secondary N) is 3. The summed E-state index contributed by atoms with van der Waals surface area (Å²) in [6, 6.07) is 18.4. The molecule has 180 valence electrons. The molecule has 0 radical (unpaired) electrons. The summed E-state index contributed by atoms with van der Waals surface area (Å²) in [6.45, 7) is 1.87. The van der Waals surface area contributed by atoms with Crippen LogP contribution in [0.4, 0.5) is 4.39 Å². The zero-order chi connectivity index (χ0) is 24.9. The van der Waals surface area contributed by atoms with Gasteiger partial charge in [-0.05, 0) is 42.8 Å². The van der Waals surface area contributed by atoms with Gasteiger partial charge in [0.2, 0.25) is 5.91 Å². The van der Waals surface area contributed by atoms with Gasteiger partial charge in [0, 0.05) is 12.6 Å². The Bertz CT molecular complexity index is 1250. The summed E-state index contributed by atoms with van der Waals surface area (Å²) in [5, 5.41) is 8.51. The zero-order valence-electron chi connectivity index (χ0n) is 19.4. The highest BCUT2D eigenvalue weighted by atomic mass is 19.1. The van der Waals surface area contributed by atoms with E-state index in [-0.39, 0.29) is 35.4 Å². The van der Waals surface area contributed by atoms with Gasteiger partial charge >= 0.3 is 0 Å². The smallest absolute Gasteiger partial charge is 0.252 e. The molecule has 4 rings (SSSR count). The Balaban J connectivity index is 1.60. The van der Waals surface area contributed by atoms with Crippen molar-refractivity contribution in [2.75, 3.05) is 13.7 Å². The highest BCUT2D eigenvalue weighted by Gasteiger charge is 2.35. The van der Waals surface area contributed by atoms with Gasteiger partial charge in [-0.15, -0.1) is 0 Å². The molecule has 3 aromatic rings. The maximum atomic E-state index is 13.3. The van der Waals surface area contributed by atoms with Gasteiger partial charge < -0.3 is 20.7 Å². The average Bonchev–Trinajstić information content (AvgIpc) is 2.89. The first-order chi connectivity index (χ1) is 16.9. The summed E-state index contributed by atoms with van der Waals surface area (Å²) >= 11 is 0. The summed E-state index contributed by atoms with van der Waals surface area (Å²) in [5.74, 6) is -1.42. The largest absolute Gasteiger partial charge is 0.491 e. The molecule has 0 saturated carbocycles. The average molecular weight is 476 g/mol. The third kappa shape index (κ3) is 5.16. The summed E-state index contributed by atoms with van der Waals surface area (Å²) in [5.41, 5.74) is 1.85. The van der Waals surface area contributed by atoms with E-state index in [0.29, 0.717) is 16.9 Å². The zero-order valence-corrected chi connectivity index (χ0v) is 19.4. The molecule has 3 aromatic carbocycles. The van der Waals surface area contributed by atoms with Crippen molar-refractivity contribution in [1.29, 1.82) is 0 Å². The van der Waals surface area contributed by atoms with Gasteiger partial charge in [-0.2, -0.15) is 0 Å². The van der Waals surface area contributed by atoms with Gasteiger partial charge in [0.1, 0.15) is 18.2 Å². The van der Waals surface area contributed by atoms with E-state index in [4.69, 9.17) is 4.74 Å². The number of hydrogen-bond acceptors (Lipinski definition) is 4. The predicted molar refractivity (Wildman–Crippen MR) is 129 cm³/mol. The van der Waals surface area contributed by atoms with E-state index in [2.05, 4.69) is 16.0 Å². The van der Waals surface area contributed by atoms with Crippen LogP contribution in [0.2, 0.25) is 0 Å². The van der Waals surface area contributed by atoms with E-state index in [9.17, 15) is 18.8 Å². The molecule has 0 fully saturated rings. The molecule has 7 nitrogen and oxygen atoms in total. The van der Waals surface area contributed by atoms with E-state index >= 15 is 0 Å². The molecular formula is C27H26FN3O4. The van der Waals surface area contributed by atoms with Gasteiger partial charge in [0.25, 0.3) is 11.8 Å². The van der Waals surface area contributed by atoms with Crippen LogP contribution in [0.5, 0.6) is 5.75 Å². The standard InChI is InChI=1S/C27H26FN3O4/c1-16(17-11-13-18(28)14-12-17)25(32)30-22-15-35-23-10-6-5-9-21(23)24(22)31-27(34)20-8-4-3-7-19(20)26(33)29-2/h3-14,16,22,24H,15H2,1-2H3,(H,29,33)(H,30,32)(H,31,34)/t16-,22?,24?/m0/s1. The number of carbonyl (C=O) groups excluding carboxylic acids is 3. The van der Waals surface area contributed by atoms with Gasteiger partial charge in [-0.1, -0.05) is 42.5 Å². The minimum absolute atomic E-state index is 0.140. The fourth-order valence-corrected chi connectivity index (χ4v) is 4.11. The normalized spacial score (nSPS) is 17.3. The van der Waals surface area contributed by atoms with Crippen molar-refractivity contribution >= 4 is 17.7 Å². The predicted octanol–water partition coefficient (Wildman–Crippen LogP) is 3.34. The molecule has 3 amide bonds. The molecular weight excluding hydrogens is 449 g/mol. The van der Waals surface area contributed by atoms with Crippen molar-refractivity contribution in [3.8, 4) is 5.75 Å². The third-order valence-electron chi connectivity index (χ3n) is 6.10. The molecule has 0 saturated heterocycles. The Morgan fingerprint density at radius 2 is 1.51 bits per heavy atom. The monoisotopic (exact) mass is 475 g/mol. The van der Waals surface area contributed by atoms with Crippen LogP contribution in [-0.2, 0) is 4.79 Å². The molecule has 3 atom stereocenters. The molecule has 8 heteroatoms. The summed E-state index contributed by atoms with van der Waals surface area (Å²) in [7, 11) is 1.50. The molecule has 3 N–H and O–H groups in total. The molecule has 0 aliphatic carbocycles. The number of halogens is 1. The molecule has 0 spiro atoms. The van der Waals surface area contributed by atoms with Crippen molar-refractivity contribution < 1.29 is 23.5 Å². The molecule has 2 unspecified atom stereocenters. The lowest BCUT2D eigenvalue weighted by Gasteiger charge is -2.35. The van der Waals surface area contributed by atoms with Crippen LogP contribution in [0, 0.1) is 5.82 Å². The van der Waals surface area contributed by atoms with Crippen LogP contribution in [0.15, 0.2) is 72.8 Å². The van der Waals surface area contributed by atoms with Gasteiger partial charge in [-0.25, -0.2) is 4.39 Å². The molecule has 0 aromatic heterocycles. The second kappa shape index (κ2) is 10.4. The van der Waals surface area contributed by atoms with E-state index in [1.807, 2.05) is 18.2 Å². The maximum absolute atomic E-state index is 13.3. The first kappa shape index (κ1) is 23.9. The van der Waals surface area contributed by atoms with E-state index in [1.54, 1.807) is 49.4 Å². The molecule has 1 aliphatic rings. The van der Waals surface area contributed by atoms with Crippen molar-refractivity contribution in [3.63, 3.8) is 0 Å². The lowest BCUT2D eigenvalue weighted by atomic mass is 9.94. The maximum Gasteiger partial charge on any atom is 0.252 e. The first-order valence-corrected chi connectivity index (χ1v) is 11.3. The number of rotatable bonds is 6. The number of amides is 3. The quantitative estimate of drug-likeness (QED) is 0.510. The summed E-state index contributed by atoms with van der Waals surface area (Å²) in [4.78, 5) is 38.6. The summed E-state index contributed by atoms with van der Waals surface area (Å²) < 4.78 is 19.2. The van der Waals surface area contributed by atoms with Crippen molar-refractivity contribution in [3.05, 3.63) is 101 Å². The molecule has 0 bridgehead atoms. The number of carbonyl (C=O) groups is 3. The van der Waals surface area contributed by atoms with Crippen molar-refractivity contribution in [1.82, 2.24) is 16.0 Å². The Labute approximate surface area is 202 Å². The second-order valence-electron chi connectivity index (χ2n) is 8.31. The minimum atomic E-state index is -0.602. The topological polar surface area (TPSA) is 96.5 Å². The minimum Gasteiger partial charge on any atom is -0.491 e. The fourth-order valence-electron chi connectivity index (χ4n) is 4.11. The van der Waals surface area contributed by atoms with E-state index in [0.717, 1.165) is 0 Å². The molecule has 1 heterocycles. The molecule has 1 aliphatic heterocycles. The number of para-hydroxylation sites is 1. The lowest BCUT2D eigenvalue weighted by Crippen LogP contribution is -2.52. The highest BCUT2D eigenvalue weighted by Crippen LogP contribution is 2.33.